The van der Waals surface area contributed by atoms with Gasteiger partial charge in [0.1, 0.15) is 0 Å². The molecule has 0 radical (unpaired) electrons. The van der Waals surface area contributed by atoms with Crippen molar-refractivity contribution in [3.63, 3.8) is 0 Å². The number of benzene rings is 1. The highest BCUT2D eigenvalue weighted by atomic mass is 16.5. The summed E-state index contributed by atoms with van der Waals surface area (Å²) in [4.78, 5) is 26.4. The van der Waals surface area contributed by atoms with Crippen LogP contribution in [0.1, 0.15) is 29.4 Å². The van der Waals surface area contributed by atoms with Crippen LogP contribution >= 0.6 is 0 Å². The minimum atomic E-state index is -0.0546. The Morgan fingerprint density at radius 1 is 1.07 bits per heavy atom. The van der Waals surface area contributed by atoms with Crippen molar-refractivity contribution in [1.82, 2.24) is 14.9 Å². The molecule has 7 heteroatoms. The van der Waals surface area contributed by atoms with Crippen molar-refractivity contribution >= 4 is 17.7 Å². The van der Waals surface area contributed by atoms with E-state index in [1.165, 1.54) is 11.1 Å². The summed E-state index contributed by atoms with van der Waals surface area (Å²) in [5.74, 6) is 0.790. The number of anilines is 2. The SMILES string of the molecule is CCc1ccc(NC(=O)N2CCc3nc(N4CCOCC4)nc(C)c3CC2)cc1. The van der Waals surface area contributed by atoms with E-state index < -0.39 is 0 Å². The number of rotatable bonds is 3. The molecule has 0 saturated carbocycles. The fraction of sp³-hybridized carbons (Fsp3) is 0.500. The topological polar surface area (TPSA) is 70.6 Å². The summed E-state index contributed by atoms with van der Waals surface area (Å²) in [6, 6.07) is 7.99. The average Bonchev–Trinajstić information content (AvgIpc) is 2.98. The quantitative estimate of drug-likeness (QED) is 0.865. The number of hydrogen-bond acceptors (Lipinski definition) is 5. The van der Waals surface area contributed by atoms with Gasteiger partial charge >= 0.3 is 6.03 Å². The van der Waals surface area contributed by atoms with Gasteiger partial charge in [0.25, 0.3) is 0 Å². The molecule has 2 amide bonds. The van der Waals surface area contributed by atoms with Gasteiger partial charge in [0, 0.05) is 44.0 Å². The molecule has 1 N–H and O–H groups in total. The maximum atomic E-state index is 12.8. The van der Waals surface area contributed by atoms with E-state index in [0.29, 0.717) is 26.3 Å². The summed E-state index contributed by atoms with van der Waals surface area (Å²) in [5, 5.41) is 3.02. The third-order valence-corrected chi connectivity index (χ3v) is 5.73. The third-order valence-electron chi connectivity index (χ3n) is 5.73. The molecule has 1 aromatic carbocycles. The lowest BCUT2D eigenvalue weighted by molar-refractivity contribution is 0.122. The zero-order chi connectivity index (χ0) is 20.2. The van der Waals surface area contributed by atoms with E-state index in [0.717, 1.165) is 55.4 Å². The monoisotopic (exact) mass is 395 g/mol. The summed E-state index contributed by atoms with van der Waals surface area (Å²) in [6.07, 6.45) is 2.52. The average molecular weight is 396 g/mol. The predicted molar refractivity (Wildman–Crippen MR) is 114 cm³/mol. The Labute approximate surface area is 172 Å². The molecule has 0 unspecified atom stereocenters. The second kappa shape index (κ2) is 8.78. The van der Waals surface area contributed by atoms with Crippen molar-refractivity contribution < 1.29 is 9.53 Å². The smallest absolute Gasteiger partial charge is 0.321 e. The molecule has 3 heterocycles. The van der Waals surface area contributed by atoms with Crippen molar-refractivity contribution in [2.75, 3.05) is 49.6 Å². The Kier molecular flexibility index (Phi) is 5.94. The lowest BCUT2D eigenvalue weighted by Gasteiger charge is -2.27. The number of nitrogens with zero attached hydrogens (tertiary/aromatic N) is 4. The Hall–Kier alpha value is -2.67. The molecule has 4 rings (SSSR count). The molecule has 2 aliphatic rings. The normalized spacial score (nSPS) is 16.9. The van der Waals surface area contributed by atoms with Crippen LogP contribution in [0.2, 0.25) is 0 Å². The number of morpholine rings is 1. The van der Waals surface area contributed by atoms with Crippen LogP contribution in [-0.4, -0.2) is 60.3 Å². The number of hydrogen-bond donors (Lipinski definition) is 1. The van der Waals surface area contributed by atoms with Gasteiger partial charge in [-0.2, -0.15) is 0 Å². The van der Waals surface area contributed by atoms with Gasteiger partial charge in [-0.25, -0.2) is 14.8 Å². The van der Waals surface area contributed by atoms with Gasteiger partial charge in [0.2, 0.25) is 5.95 Å². The van der Waals surface area contributed by atoms with Crippen molar-refractivity contribution in [3.05, 3.63) is 46.8 Å². The molecule has 0 spiro atoms. The maximum absolute atomic E-state index is 12.8. The van der Waals surface area contributed by atoms with Crippen LogP contribution in [0.5, 0.6) is 0 Å². The molecular formula is C22H29N5O2. The molecule has 1 saturated heterocycles. The molecular weight excluding hydrogens is 366 g/mol. The van der Waals surface area contributed by atoms with Crippen LogP contribution in [0, 0.1) is 6.92 Å². The van der Waals surface area contributed by atoms with Crippen LogP contribution in [0.15, 0.2) is 24.3 Å². The van der Waals surface area contributed by atoms with E-state index in [1.807, 2.05) is 17.0 Å². The van der Waals surface area contributed by atoms with Gasteiger partial charge < -0.3 is 19.9 Å². The van der Waals surface area contributed by atoms with Crippen molar-refractivity contribution in [1.29, 1.82) is 0 Å². The highest BCUT2D eigenvalue weighted by Gasteiger charge is 2.23. The maximum Gasteiger partial charge on any atom is 0.321 e. The van der Waals surface area contributed by atoms with Gasteiger partial charge in [0.05, 0.1) is 18.9 Å². The summed E-state index contributed by atoms with van der Waals surface area (Å²) in [6.45, 7) is 8.58. The number of ether oxygens (including phenoxy) is 1. The first-order valence-corrected chi connectivity index (χ1v) is 10.5. The predicted octanol–water partition coefficient (Wildman–Crippen LogP) is 2.82. The summed E-state index contributed by atoms with van der Waals surface area (Å²) < 4.78 is 5.44. The second-order valence-corrected chi connectivity index (χ2v) is 7.60. The highest BCUT2D eigenvalue weighted by Crippen LogP contribution is 2.21. The first kappa shape index (κ1) is 19.6. The number of amides is 2. The van der Waals surface area contributed by atoms with Crippen LogP contribution in [0.4, 0.5) is 16.4 Å². The Morgan fingerprint density at radius 2 is 1.79 bits per heavy atom. The van der Waals surface area contributed by atoms with Crippen LogP contribution in [0.3, 0.4) is 0 Å². The standard InChI is InChI=1S/C22H29N5O2/c1-3-17-4-6-18(7-5-17)24-22(28)27-10-8-19-16(2)23-21(25-20(19)9-11-27)26-12-14-29-15-13-26/h4-7H,3,8-15H2,1-2H3,(H,24,28). The van der Waals surface area contributed by atoms with E-state index in [2.05, 4.69) is 36.2 Å². The molecule has 0 bridgehead atoms. The van der Waals surface area contributed by atoms with Crippen molar-refractivity contribution in [2.24, 2.45) is 0 Å². The van der Waals surface area contributed by atoms with Gasteiger partial charge in [0.15, 0.2) is 0 Å². The molecule has 0 atom stereocenters. The molecule has 1 fully saturated rings. The summed E-state index contributed by atoms with van der Waals surface area (Å²) >= 11 is 0. The molecule has 7 nitrogen and oxygen atoms in total. The highest BCUT2D eigenvalue weighted by molar-refractivity contribution is 5.89. The number of aromatic nitrogens is 2. The first-order valence-electron chi connectivity index (χ1n) is 10.5. The Morgan fingerprint density at radius 3 is 2.52 bits per heavy atom. The Balaban J connectivity index is 1.44. The molecule has 2 aromatic rings. The van der Waals surface area contributed by atoms with Crippen LogP contribution in [-0.2, 0) is 24.0 Å². The number of carbonyl (C=O) groups excluding carboxylic acids is 1. The van der Waals surface area contributed by atoms with E-state index in [1.54, 1.807) is 0 Å². The van der Waals surface area contributed by atoms with E-state index in [-0.39, 0.29) is 6.03 Å². The van der Waals surface area contributed by atoms with E-state index in [4.69, 9.17) is 14.7 Å². The van der Waals surface area contributed by atoms with Crippen molar-refractivity contribution in [2.45, 2.75) is 33.1 Å². The molecule has 154 valence electrons. The minimum Gasteiger partial charge on any atom is -0.378 e. The van der Waals surface area contributed by atoms with Crippen molar-refractivity contribution in [3.8, 4) is 0 Å². The number of aryl methyl sites for hydroxylation is 2. The lowest BCUT2D eigenvalue weighted by Crippen LogP contribution is -2.37. The van der Waals surface area contributed by atoms with E-state index >= 15 is 0 Å². The Bertz CT molecular complexity index is 862. The zero-order valence-electron chi connectivity index (χ0n) is 17.3. The largest absolute Gasteiger partial charge is 0.378 e. The molecule has 29 heavy (non-hydrogen) atoms. The van der Waals surface area contributed by atoms with Gasteiger partial charge in [-0.15, -0.1) is 0 Å². The number of nitrogens with one attached hydrogen (secondary N) is 1. The molecule has 1 aromatic heterocycles. The fourth-order valence-corrected chi connectivity index (χ4v) is 3.91. The molecule has 0 aliphatic carbocycles. The van der Waals surface area contributed by atoms with Crippen LogP contribution in [0.25, 0.3) is 0 Å². The van der Waals surface area contributed by atoms with Gasteiger partial charge in [-0.1, -0.05) is 19.1 Å². The van der Waals surface area contributed by atoms with E-state index in [9.17, 15) is 4.79 Å². The fourth-order valence-electron chi connectivity index (χ4n) is 3.91. The van der Waals surface area contributed by atoms with Gasteiger partial charge in [-0.05, 0) is 43.0 Å². The van der Waals surface area contributed by atoms with Crippen LogP contribution < -0.4 is 10.2 Å². The lowest BCUT2D eigenvalue weighted by atomic mass is 10.1. The molecule has 2 aliphatic heterocycles. The second-order valence-electron chi connectivity index (χ2n) is 7.60. The zero-order valence-corrected chi connectivity index (χ0v) is 17.3. The number of urea groups is 1. The van der Waals surface area contributed by atoms with Gasteiger partial charge in [-0.3, -0.25) is 0 Å². The first-order chi connectivity index (χ1) is 14.1. The number of carbonyl (C=O) groups is 1. The minimum absolute atomic E-state index is 0.0546. The number of fused-ring (bicyclic) bond motifs is 1. The summed E-state index contributed by atoms with van der Waals surface area (Å²) in [7, 11) is 0. The summed E-state index contributed by atoms with van der Waals surface area (Å²) in [5.41, 5.74) is 5.37. The third kappa shape index (κ3) is 4.50.